The van der Waals surface area contributed by atoms with E-state index in [0.29, 0.717) is 6.42 Å². The minimum Gasteiger partial charge on any atom is -0.369 e. The molecule has 1 saturated heterocycles. The molecule has 1 N–H and O–H groups in total. The summed E-state index contributed by atoms with van der Waals surface area (Å²) in [4.78, 5) is 22.8. The van der Waals surface area contributed by atoms with Gasteiger partial charge in [0.15, 0.2) is 0 Å². The number of aromatic nitrogens is 1. The predicted octanol–water partition coefficient (Wildman–Crippen LogP) is 4.05. The molecule has 156 valence electrons. The molecule has 2 aromatic carbocycles. The van der Waals surface area contributed by atoms with Crippen LogP contribution in [0.2, 0.25) is 0 Å². The second kappa shape index (κ2) is 8.52. The maximum atomic E-state index is 12.4. The molecule has 1 fully saturated rings. The highest BCUT2D eigenvalue weighted by Crippen LogP contribution is 2.28. The second-order valence-electron chi connectivity index (χ2n) is 8.46. The Bertz CT molecular complexity index is 1020. The molecular weight excluding hydrogens is 372 g/mol. The number of H-pyrrole nitrogens is 1. The molecule has 1 aromatic heterocycles. The lowest BCUT2D eigenvalue weighted by molar-refractivity contribution is -0.118. The monoisotopic (exact) mass is 402 g/mol. The number of carbonyl (C=O) groups excluding carboxylic acids is 1. The van der Waals surface area contributed by atoms with Crippen molar-refractivity contribution in [1.29, 1.82) is 0 Å². The molecule has 0 aliphatic carbocycles. The van der Waals surface area contributed by atoms with Gasteiger partial charge in [-0.2, -0.15) is 0 Å². The highest BCUT2D eigenvalue weighted by atomic mass is 16.2. The molecule has 0 unspecified atom stereocenters. The van der Waals surface area contributed by atoms with E-state index in [0.717, 1.165) is 64.2 Å². The van der Waals surface area contributed by atoms with Crippen LogP contribution in [0.4, 0.5) is 11.4 Å². The number of aryl methyl sites for hydroxylation is 1. The quantitative estimate of drug-likeness (QED) is 0.633. The number of amides is 1. The third-order valence-corrected chi connectivity index (χ3v) is 6.57. The normalized spacial score (nSPS) is 17.5. The molecule has 2 aliphatic rings. The van der Waals surface area contributed by atoms with Crippen LogP contribution < -0.4 is 9.80 Å². The largest absolute Gasteiger partial charge is 0.369 e. The lowest BCUT2D eigenvalue weighted by Gasteiger charge is -2.36. The molecule has 30 heavy (non-hydrogen) atoms. The molecule has 1 amide bonds. The molecular formula is C25H30N4O. The summed E-state index contributed by atoms with van der Waals surface area (Å²) in [6.07, 6.45) is 5.73. The number of hydrogen-bond donors (Lipinski definition) is 1. The SMILES string of the molecule is O=C1CCc2ccccc2N1CCCCN1CCN(c2ccc3cc[nH]c3c2)CC1. The molecule has 3 aromatic rings. The van der Waals surface area contributed by atoms with E-state index in [1.54, 1.807) is 0 Å². The van der Waals surface area contributed by atoms with Gasteiger partial charge >= 0.3 is 0 Å². The molecule has 3 heterocycles. The highest BCUT2D eigenvalue weighted by molar-refractivity contribution is 5.96. The maximum absolute atomic E-state index is 12.4. The molecule has 2 aliphatic heterocycles. The number of nitrogens with zero attached hydrogens (tertiary/aromatic N) is 3. The number of aromatic amines is 1. The lowest BCUT2D eigenvalue weighted by atomic mass is 10.0. The first-order valence-corrected chi connectivity index (χ1v) is 11.2. The Labute approximate surface area is 178 Å². The van der Waals surface area contributed by atoms with Crippen LogP contribution >= 0.6 is 0 Å². The molecule has 5 nitrogen and oxygen atoms in total. The molecule has 0 bridgehead atoms. The number of nitrogens with one attached hydrogen (secondary N) is 1. The van der Waals surface area contributed by atoms with Gasteiger partial charge in [0.2, 0.25) is 5.91 Å². The summed E-state index contributed by atoms with van der Waals surface area (Å²) >= 11 is 0. The number of para-hydroxylation sites is 1. The molecule has 0 atom stereocenters. The summed E-state index contributed by atoms with van der Waals surface area (Å²) in [6, 6.07) is 17.2. The Morgan fingerprint density at radius 2 is 1.70 bits per heavy atom. The van der Waals surface area contributed by atoms with Crippen molar-refractivity contribution in [3.8, 4) is 0 Å². The Balaban J connectivity index is 1.08. The van der Waals surface area contributed by atoms with Crippen molar-refractivity contribution in [2.45, 2.75) is 25.7 Å². The Hall–Kier alpha value is -2.79. The third-order valence-electron chi connectivity index (χ3n) is 6.57. The molecule has 5 heteroatoms. The number of carbonyl (C=O) groups is 1. The summed E-state index contributed by atoms with van der Waals surface area (Å²) in [5.74, 6) is 0.279. The first-order chi connectivity index (χ1) is 14.8. The first kappa shape index (κ1) is 19.2. The second-order valence-corrected chi connectivity index (χ2v) is 8.46. The van der Waals surface area contributed by atoms with Crippen molar-refractivity contribution >= 4 is 28.2 Å². The van der Waals surface area contributed by atoms with Crippen LogP contribution in [0.5, 0.6) is 0 Å². The topological polar surface area (TPSA) is 42.6 Å². The Kier molecular flexibility index (Phi) is 5.45. The van der Waals surface area contributed by atoms with E-state index >= 15 is 0 Å². The Morgan fingerprint density at radius 1 is 0.867 bits per heavy atom. The van der Waals surface area contributed by atoms with E-state index in [9.17, 15) is 4.79 Å². The van der Waals surface area contributed by atoms with Crippen molar-refractivity contribution in [2.75, 3.05) is 49.1 Å². The minimum absolute atomic E-state index is 0.279. The van der Waals surface area contributed by atoms with E-state index in [4.69, 9.17) is 0 Å². The van der Waals surface area contributed by atoms with E-state index in [1.165, 1.54) is 22.2 Å². The van der Waals surface area contributed by atoms with Gasteiger partial charge in [-0.25, -0.2) is 0 Å². The standard InChI is InChI=1S/C25H30N4O/c30-25-10-8-21-5-1-2-6-24(21)29(25)14-4-3-13-27-15-17-28(18-16-27)22-9-7-20-11-12-26-23(20)19-22/h1-2,5-7,9,11-12,19,26H,3-4,8,10,13-18H2. The fourth-order valence-corrected chi connectivity index (χ4v) is 4.81. The van der Waals surface area contributed by atoms with Crippen LogP contribution in [0, 0.1) is 0 Å². The number of benzene rings is 2. The van der Waals surface area contributed by atoms with Gasteiger partial charge in [0, 0.05) is 62.2 Å². The zero-order valence-corrected chi connectivity index (χ0v) is 17.5. The summed E-state index contributed by atoms with van der Waals surface area (Å²) in [5.41, 5.74) is 4.96. The van der Waals surface area contributed by atoms with Gasteiger partial charge in [-0.15, -0.1) is 0 Å². The average Bonchev–Trinajstić information content (AvgIpc) is 3.26. The van der Waals surface area contributed by atoms with Crippen LogP contribution in [-0.2, 0) is 11.2 Å². The van der Waals surface area contributed by atoms with Gasteiger partial charge in [0.1, 0.15) is 0 Å². The number of piperazine rings is 1. The van der Waals surface area contributed by atoms with E-state index in [1.807, 2.05) is 17.2 Å². The Morgan fingerprint density at radius 3 is 2.60 bits per heavy atom. The minimum atomic E-state index is 0.279. The lowest BCUT2D eigenvalue weighted by Crippen LogP contribution is -2.46. The molecule has 0 saturated carbocycles. The number of rotatable bonds is 6. The fourth-order valence-electron chi connectivity index (χ4n) is 4.81. The fraction of sp³-hybridized carbons (Fsp3) is 0.400. The van der Waals surface area contributed by atoms with Gasteiger partial charge in [0.05, 0.1) is 0 Å². The summed E-state index contributed by atoms with van der Waals surface area (Å²) < 4.78 is 0. The van der Waals surface area contributed by atoms with Crippen LogP contribution in [0.3, 0.4) is 0 Å². The third kappa shape index (κ3) is 3.94. The van der Waals surface area contributed by atoms with Gasteiger partial charge in [-0.1, -0.05) is 24.3 Å². The molecule has 0 radical (unpaired) electrons. The van der Waals surface area contributed by atoms with Crippen molar-refractivity contribution < 1.29 is 4.79 Å². The number of fused-ring (bicyclic) bond motifs is 2. The number of anilines is 2. The summed E-state index contributed by atoms with van der Waals surface area (Å²) in [5, 5.41) is 1.27. The maximum Gasteiger partial charge on any atom is 0.227 e. The van der Waals surface area contributed by atoms with Crippen LogP contribution in [0.25, 0.3) is 10.9 Å². The zero-order valence-electron chi connectivity index (χ0n) is 17.5. The van der Waals surface area contributed by atoms with E-state index in [2.05, 4.69) is 57.2 Å². The van der Waals surface area contributed by atoms with Gasteiger partial charge in [-0.3, -0.25) is 9.69 Å². The van der Waals surface area contributed by atoms with Gasteiger partial charge in [0.25, 0.3) is 0 Å². The van der Waals surface area contributed by atoms with E-state index in [-0.39, 0.29) is 5.91 Å². The molecule has 0 spiro atoms. The highest BCUT2D eigenvalue weighted by Gasteiger charge is 2.23. The van der Waals surface area contributed by atoms with E-state index < -0.39 is 0 Å². The van der Waals surface area contributed by atoms with Crippen molar-refractivity contribution in [1.82, 2.24) is 9.88 Å². The summed E-state index contributed by atoms with van der Waals surface area (Å²) in [7, 11) is 0. The number of unbranched alkanes of at least 4 members (excludes halogenated alkanes) is 1. The van der Waals surface area contributed by atoms with Crippen molar-refractivity contribution in [2.24, 2.45) is 0 Å². The van der Waals surface area contributed by atoms with Crippen LogP contribution in [0.1, 0.15) is 24.8 Å². The smallest absolute Gasteiger partial charge is 0.227 e. The summed E-state index contributed by atoms with van der Waals surface area (Å²) in [6.45, 7) is 6.32. The zero-order chi connectivity index (χ0) is 20.3. The predicted molar refractivity (Wildman–Crippen MR) is 123 cm³/mol. The van der Waals surface area contributed by atoms with Gasteiger partial charge in [-0.05, 0) is 61.0 Å². The van der Waals surface area contributed by atoms with Crippen LogP contribution in [0.15, 0.2) is 54.7 Å². The van der Waals surface area contributed by atoms with Crippen molar-refractivity contribution in [3.63, 3.8) is 0 Å². The van der Waals surface area contributed by atoms with Crippen molar-refractivity contribution in [3.05, 3.63) is 60.3 Å². The average molecular weight is 403 g/mol. The van der Waals surface area contributed by atoms with Gasteiger partial charge < -0.3 is 14.8 Å². The van der Waals surface area contributed by atoms with Crippen LogP contribution in [-0.4, -0.2) is 55.1 Å². The molecule has 5 rings (SSSR count). The number of hydrogen-bond acceptors (Lipinski definition) is 3. The first-order valence-electron chi connectivity index (χ1n) is 11.2.